The first-order valence-corrected chi connectivity index (χ1v) is 6.50. The smallest absolute Gasteiger partial charge is 0.149 e. The van der Waals surface area contributed by atoms with Gasteiger partial charge in [0.25, 0.3) is 0 Å². The van der Waals surface area contributed by atoms with Crippen LogP contribution in [0, 0.1) is 0 Å². The molecule has 3 N–H and O–H groups in total. The molecule has 1 aliphatic rings. The molecule has 2 heterocycles. The lowest BCUT2D eigenvalue weighted by atomic mass is 10.0. The van der Waals surface area contributed by atoms with Gasteiger partial charge >= 0.3 is 0 Å². The Balaban J connectivity index is 2.01. The second-order valence-corrected chi connectivity index (χ2v) is 5.80. The molecule has 100 valence electrons. The summed E-state index contributed by atoms with van der Waals surface area (Å²) < 4.78 is 0. The van der Waals surface area contributed by atoms with Gasteiger partial charge in [-0.15, -0.1) is 5.10 Å². The lowest BCUT2D eigenvalue weighted by molar-refractivity contribution is 0.410. The topological polar surface area (TPSA) is 67.1 Å². The van der Waals surface area contributed by atoms with Crippen LogP contribution in [0.15, 0.2) is 12.1 Å². The van der Waals surface area contributed by atoms with Gasteiger partial charge in [-0.2, -0.15) is 5.10 Å². The van der Waals surface area contributed by atoms with E-state index in [4.69, 9.17) is 5.73 Å². The summed E-state index contributed by atoms with van der Waals surface area (Å²) in [5, 5.41) is 11.9. The third-order valence-corrected chi connectivity index (χ3v) is 3.47. The van der Waals surface area contributed by atoms with Crippen LogP contribution in [-0.4, -0.2) is 47.3 Å². The molecule has 0 saturated carbocycles. The second kappa shape index (κ2) is 5.20. The summed E-state index contributed by atoms with van der Waals surface area (Å²) in [6.45, 7) is 6.88. The highest BCUT2D eigenvalue weighted by Crippen LogP contribution is 2.24. The molecule has 0 aliphatic carbocycles. The quantitative estimate of drug-likeness (QED) is 0.834. The fourth-order valence-electron chi connectivity index (χ4n) is 2.20. The van der Waals surface area contributed by atoms with E-state index in [9.17, 15) is 0 Å². The molecule has 1 fully saturated rings. The summed E-state index contributed by atoms with van der Waals surface area (Å²) in [6, 6.07) is 4.07. The SMILES string of the molecule is CN1CCC(c2ccc(NC(C)(C)CN)nn2)C1. The molecule has 0 amide bonds. The summed E-state index contributed by atoms with van der Waals surface area (Å²) >= 11 is 0. The number of likely N-dealkylation sites (N-methyl/N-ethyl adjacent to an activating group) is 1. The van der Waals surface area contributed by atoms with E-state index in [1.165, 1.54) is 6.42 Å². The van der Waals surface area contributed by atoms with Crippen LogP contribution in [0.4, 0.5) is 5.82 Å². The van der Waals surface area contributed by atoms with Gasteiger partial charge in [0.1, 0.15) is 5.82 Å². The number of nitrogens with zero attached hydrogens (tertiary/aromatic N) is 3. The van der Waals surface area contributed by atoms with Gasteiger partial charge in [0.15, 0.2) is 0 Å². The van der Waals surface area contributed by atoms with Crippen molar-refractivity contribution in [1.82, 2.24) is 15.1 Å². The average Bonchev–Trinajstić information content (AvgIpc) is 2.76. The number of likely N-dealkylation sites (tertiary alicyclic amines) is 1. The minimum absolute atomic E-state index is 0.149. The Kier molecular flexibility index (Phi) is 3.82. The second-order valence-electron chi connectivity index (χ2n) is 5.80. The fourth-order valence-corrected chi connectivity index (χ4v) is 2.20. The van der Waals surface area contributed by atoms with Gasteiger partial charge in [-0.25, -0.2) is 0 Å². The molecule has 0 radical (unpaired) electrons. The summed E-state index contributed by atoms with van der Waals surface area (Å²) in [5.41, 5.74) is 6.63. The highest BCUT2D eigenvalue weighted by molar-refractivity contribution is 5.36. The molecular weight excluding hydrogens is 226 g/mol. The van der Waals surface area contributed by atoms with E-state index in [2.05, 4.69) is 47.4 Å². The van der Waals surface area contributed by atoms with Gasteiger partial charge in [-0.1, -0.05) is 0 Å². The van der Waals surface area contributed by atoms with Crippen molar-refractivity contribution in [1.29, 1.82) is 0 Å². The van der Waals surface area contributed by atoms with Crippen molar-refractivity contribution in [2.24, 2.45) is 5.73 Å². The summed E-state index contributed by atoms with van der Waals surface area (Å²) in [4.78, 5) is 2.33. The van der Waals surface area contributed by atoms with E-state index in [0.29, 0.717) is 12.5 Å². The van der Waals surface area contributed by atoms with Gasteiger partial charge in [0, 0.05) is 24.5 Å². The molecule has 18 heavy (non-hydrogen) atoms. The molecule has 0 spiro atoms. The molecular formula is C13H23N5. The van der Waals surface area contributed by atoms with E-state index < -0.39 is 0 Å². The van der Waals surface area contributed by atoms with Gasteiger partial charge in [-0.3, -0.25) is 0 Å². The Bertz CT molecular complexity index is 387. The van der Waals surface area contributed by atoms with E-state index >= 15 is 0 Å². The van der Waals surface area contributed by atoms with E-state index in [1.807, 2.05) is 6.07 Å². The number of hydrogen-bond acceptors (Lipinski definition) is 5. The van der Waals surface area contributed by atoms with Crippen LogP contribution >= 0.6 is 0 Å². The molecule has 1 atom stereocenters. The van der Waals surface area contributed by atoms with Gasteiger partial charge in [0.05, 0.1) is 5.69 Å². The predicted octanol–water partition coefficient (Wildman–Crippen LogP) is 1.04. The standard InChI is InChI=1S/C13H23N5/c1-13(2,9-14)15-12-5-4-11(16-17-12)10-6-7-18(3)8-10/h4-5,10H,6-9,14H2,1-3H3,(H,15,17). The third kappa shape index (κ3) is 3.17. The Morgan fingerprint density at radius 1 is 1.44 bits per heavy atom. The van der Waals surface area contributed by atoms with Crippen molar-refractivity contribution >= 4 is 5.82 Å². The molecule has 0 bridgehead atoms. The molecule has 5 heteroatoms. The fraction of sp³-hybridized carbons (Fsp3) is 0.692. The highest BCUT2D eigenvalue weighted by atomic mass is 15.2. The molecule has 1 unspecified atom stereocenters. The number of nitrogens with two attached hydrogens (primary N) is 1. The summed E-state index contributed by atoms with van der Waals surface area (Å²) in [6.07, 6.45) is 1.17. The van der Waals surface area contributed by atoms with Crippen molar-refractivity contribution in [3.8, 4) is 0 Å². The Morgan fingerprint density at radius 2 is 2.22 bits per heavy atom. The van der Waals surface area contributed by atoms with Crippen LogP contribution in [0.3, 0.4) is 0 Å². The Hall–Kier alpha value is -1.20. The third-order valence-electron chi connectivity index (χ3n) is 3.47. The summed E-state index contributed by atoms with van der Waals surface area (Å²) in [7, 11) is 2.15. The first kappa shape index (κ1) is 13.2. The lowest BCUT2D eigenvalue weighted by Crippen LogP contribution is -2.39. The van der Waals surface area contributed by atoms with Gasteiger partial charge in [-0.05, 0) is 46.0 Å². The lowest BCUT2D eigenvalue weighted by Gasteiger charge is -2.24. The van der Waals surface area contributed by atoms with Gasteiger partial charge in [0.2, 0.25) is 0 Å². The first-order valence-electron chi connectivity index (χ1n) is 6.50. The average molecular weight is 249 g/mol. The Labute approximate surface area is 109 Å². The monoisotopic (exact) mass is 249 g/mol. The zero-order valence-electron chi connectivity index (χ0n) is 11.5. The predicted molar refractivity (Wildman–Crippen MR) is 73.6 cm³/mol. The number of rotatable bonds is 4. The van der Waals surface area contributed by atoms with Crippen LogP contribution in [0.1, 0.15) is 31.9 Å². The van der Waals surface area contributed by atoms with Crippen molar-refractivity contribution in [2.75, 3.05) is 32.0 Å². The largest absolute Gasteiger partial charge is 0.362 e. The van der Waals surface area contributed by atoms with Gasteiger partial charge < -0.3 is 16.0 Å². The minimum Gasteiger partial charge on any atom is -0.362 e. The summed E-state index contributed by atoms with van der Waals surface area (Å²) in [5.74, 6) is 1.32. The first-order chi connectivity index (χ1) is 8.50. The molecule has 2 rings (SSSR count). The van der Waals surface area contributed by atoms with Crippen LogP contribution < -0.4 is 11.1 Å². The zero-order chi connectivity index (χ0) is 13.2. The molecule has 1 aromatic rings. The molecule has 1 saturated heterocycles. The van der Waals surface area contributed by atoms with E-state index in [0.717, 1.165) is 24.6 Å². The minimum atomic E-state index is -0.149. The van der Waals surface area contributed by atoms with E-state index in [1.54, 1.807) is 0 Å². The van der Waals surface area contributed by atoms with Crippen LogP contribution in [0.25, 0.3) is 0 Å². The maximum absolute atomic E-state index is 5.68. The van der Waals surface area contributed by atoms with Crippen molar-refractivity contribution in [3.05, 3.63) is 17.8 Å². The van der Waals surface area contributed by atoms with Crippen molar-refractivity contribution < 1.29 is 0 Å². The number of anilines is 1. The number of nitrogens with one attached hydrogen (secondary N) is 1. The molecule has 5 nitrogen and oxygen atoms in total. The molecule has 0 aromatic carbocycles. The van der Waals surface area contributed by atoms with Crippen molar-refractivity contribution in [2.45, 2.75) is 31.7 Å². The van der Waals surface area contributed by atoms with Crippen LogP contribution in [0.5, 0.6) is 0 Å². The van der Waals surface area contributed by atoms with Crippen LogP contribution in [-0.2, 0) is 0 Å². The van der Waals surface area contributed by atoms with Crippen molar-refractivity contribution in [3.63, 3.8) is 0 Å². The maximum Gasteiger partial charge on any atom is 0.149 e. The molecule has 1 aliphatic heterocycles. The van der Waals surface area contributed by atoms with Crippen LogP contribution in [0.2, 0.25) is 0 Å². The normalized spacial score (nSPS) is 21.2. The number of hydrogen-bond donors (Lipinski definition) is 2. The Morgan fingerprint density at radius 3 is 2.72 bits per heavy atom. The molecule has 1 aromatic heterocycles. The zero-order valence-corrected chi connectivity index (χ0v) is 11.5. The number of aromatic nitrogens is 2. The highest BCUT2D eigenvalue weighted by Gasteiger charge is 2.23. The van der Waals surface area contributed by atoms with E-state index in [-0.39, 0.29) is 5.54 Å². The maximum atomic E-state index is 5.68.